The molecule has 0 unspecified atom stereocenters. The summed E-state index contributed by atoms with van der Waals surface area (Å²) in [7, 11) is -3.47. The fourth-order valence-electron chi connectivity index (χ4n) is 3.61. The number of hydrogen-bond acceptors (Lipinski definition) is 5. The van der Waals surface area contributed by atoms with Crippen LogP contribution in [0.3, 0.4) is 0 Å². The number of fused-ring (bicyclic) bond motifs is 2. The highest BCUT2D eigenvalue weighted by atomic mass is 35.5. The Balaban J connectivity index is 0.00000342. The second-order valence-corrected chi connectivity index (χ2v) is 10.1. The molecule has 0 fully saturated rings. The number of sulfonamides is 1. The van der Waals surface area contributed by atoms with E-state index in [1.807, 2.05) is 54.6 Å². The fraction of sp³-hybridized carbons (Fsp3) is 0.167. The standard InChI is InChI=1S/C24H25ClN6O2S.ClH/c25-16-7-12-20-22(15-16)30-21-6-2-1-5-19(21)23(20)29-17-8-10-18(11-9-17)31-34(32,33)14-4-3-13-28-24(26)27;/h1-2,5-12,15,31H,3-4,13-14H2,(H,29,30)(H4,26,27,28);1H. The fourth-order valence-corrected chi connectivity index (χ4v) is 4.96. The monoisotopic (exact) mass is 532 g/mol. The number of rotatable bonds is 9. The molecule has 4 aromatic rings. The summed E-state index contributed by atoms with van der Waals surface area (Å²) in [4.78, 5) is 8.57. The highest BCUT2D eigenvalue weighted by Crippen LogP contribution is 2.34. The number of anilines is 3. The van der Waals surface area contributed by atoms with E-state index in [2.05, 4.69) is 15.0 Å². The summed E-state index contributed by atoms with van der Waals surface area (Å²) in [5.74, 6) is -0.00360. The van der Waals surface area contributed by atoms with E-state index < -0.39 is 10.0 Å². The molecule has 6 N–H and O–H groups in total. The molecular weight excluding hydrogens is 507 g/mol. The number of guanidine groups is 1. The molecule has 0 spiro atoms. The lowest BCUT2D eigenvalue weighted by molar-refractivity contribution is 0.597. The molecule has 0 aliphatic carbocycles. The summed E-state index contributed by atoms with van der Waals surface area (Å²) in [5.41, 5.74) is 14.4. The van der Waals surface area contributed by atoms with Crippen molar-refractivity contribution in [3.63, 3.8) is 0 Å². The Morgan fingerprint density at radius 3 is 2.34 bits per heavy atom. The van der Waals surface area contributed by atoms with E-state index in [9.17, 15) is 8.42 Å². The van der Waals surface area contributed by atoms with Gasteiger partial charge in [0.25, 0.3) is 0 Å². The molecule has 0 aliphatic heterocycles. The molecule has 1 aromatic heterocycles. The zero-order chi connectivity index (χ0) is 24.1. The highest BCUT2D eigenvalue weighted by molar-refractivity contribution is 7.92. The summed E-state index contributed by atoms with van der Waals surface area (Å²) in [6.45, 7) is 0.406. The van der Waals surface area contributed by atoms with Crippen LogP contribution < -0.4 is 21.5 Å². The lowest BCUT2D eigenvalue weighted by Gasteiger charge is -2.14. The van der Waals surface area contributed by atoms with Gasteiger partial charge in [-0.05, 0) is 61.4 Å². The van der Waals surface area contributed by atoms with Gasteiger partial charge in [0.15, 0.2) is 5.96 Å². The van der Waals surface area contributed by atoms with Gasteiger partial charge in [-0.15, -0.1) is 12.4 Å². The third kappa shape index (κ3) is 6.88. The molecule has 0 saturated carbocycles. The Morgan fingerprint density at radius 2 is 1.60 bits per heavy atom. The number of hydrogen-bond donors (Lipinski definition) is 4. The summed E-state index contributed by atoms with van der Waals surface area (Å²) in [6.07, 6.45) is 1.04. The Hall–Kier alpha value is -3.27. The zero-order valence-corrected chi connectivity index (χ0v) is 21.1. The normalized spacial score (nSPS) is 11.1. The van der Waals surface area contributed by atoms with Crippen LogP contribution in [0, 0.1) is 0 Å². The lowest BCUT2D eigenvalue weighted by atomic mass is 10.1. The van der Waals surface area contributed by atoms with Crippen LogP contribution in [-0.4, -0.2) is 31.7 Å². The minimum absolute atomic E-state index is 0. The first-order valence-electron chi connectivity index (χ1n) is 10.7. The van der Waals surface area contributed by atoms with E-state index in [1.165, 1.54) is 0 Å². The van der Waals surface area contributed by atoms with Gasteiger partial charge < -0.3 is 16.8 Å². The van der Waals surface area contributed by atoms with E-state index in [1.54, 1.807) is 12.1 Å². The van der Waals surface area contributed by atoms with Crippen molar-refractivity contribution in [1.29, 1.82) is 0 Å². The number of halogens is 2. The van der Waals surface area contributed by atoms with Gasteiger partial charge in [0.1, 0.15) is 0 Å². The molecule has 4 rings (SSSR count). The molecule has 1 heterocycles. The maximum atomic E-state index is 12.4. The van der Waals surface area contributed by atoms with Gasteiger partial charge in [0.05, 0.1) is 22.5 Å². The SMILES string of the molecule is Cl.NC(N)=NCCCCS(=O)(=O)Nc1ccc(Nc2c3ccccc3nc3cc(Cl)ccc23)cc1. The zero-order valence-electron chi connectivity index (χ0n) is 18.7. The summed E-state index contributed by atoms with van der Waals surface area (Å²) < 4.78 is 27.3. The average molecular weight is 533 g/mol. The van der Waals surface area contributed by atoms with Crippen LogP contribution in [0.1, 0.15) is 12.8 Å². The van der Waals surface area contributed by atoms with Gasteiger partial charge in [-0.2, -0.15) is 0 Å². The van der Waals surface area contributed by atoms with Crippen LogP contribution in [0.15, 0.2) is 71.7 Å². The van der Waals surface area contributed by atoms with Gasteiger partial charge in [-0.3, -0.25) is 9.71 Å². The van der Waals surface area contributed by atoms with Crippen molar-refractivity contribution in [3.05, 3.63) is 71.8 Å². The van der Waals surface area contributed by atoms with E-state index in [-0.39, 0.29) is 24.1 Å². The van der Waals surface area contributed by atoms with Gasteiger partial charge in [0.2, 0.25) is 10.0 Å². The molecule has 0 radical (unpaired) electrons. The quantitative estimate of drug-likeness (QED) is 0.103. The Labute approximate surface area is 215 Å². The second kappa shape index (κ2) is 11.4. The minimum Gasteiger partial charge on any atom is -0.370 e. The molecule has 3 aromatic carbocycles. The summed E-state index contributed by atoms with van der Waals surface area (Å²) >= 11 is 6.18. The molecule has 0 aliphatic rings. The van der Waals surface area contributed by atoms with Crippen molar-refractivity contribution in [3.8, 4) is 0 Å². The average Bonchev–Trinajstić information content (AvgIpc) is 2.79. The first-order valence-corrected chi connectivity index (χ1v) is 12.7. The van der Waals surface area contributed by atoms with Crippen LogP contribution in [0.25, 0.3) is 21.8 Å². The van der Waals surface area contributed by atoms with Crippen LogP contribution in [-0.2, 0) is 10.0 Å². The number of benzene rings is 3. The first-order chi connectivity index (χ1) is 16.3. The molecule has 11 heteroatoms. The number of aromatic nitrogens is 1. The number of nitrogens with two attached hydrogens (primary N) is 2. The van der Waals surface area contributed by atoms with Gasteiger partial charge in [-0.25, -0.2) is 13.4 Å². The maximum absolute atomic E-state index is 12.4. The maximum Gasteiger partial charge on any atom is 0.232 e. The third-order valence-electron chi connectivity index (χ3n) is 5.19. The molecule has 0 atom stereocenters. The molecular formula is C24H26Cl2N6O2S. The Morgan fingerprint density at radius 1 is 0.914 bits per heavy atom. The molecule has 35 heavy (non-hydrogen) atoms. The van der Waals surface area contributed by atoms with E-state index in [0.29, 0.717) is 30.1 Å². The van der Waals surface area contributed by atoms with E-state index >= 15 is 0 Å². The van der Waals surface area contributed by atoms with Gasteiger partial charge in [0, 0.05) is 33.7 Å². The van der Waals surface area contributed by atoms with Gasteiger partial charge >= 0.3 is 0 Å². The van der Waals surface area contributed by atoms with Crippen LogP contribution >= 0.6 is 24.0 Å². The number of nitrogens with one attached hydrogen (secondary N) is 2. The second-order valence-electron chi connectivity index (χ2n) is 7.80. The van der Waals surface area contributed by atoms with Crippen LogP contribution in [0.5, 0.6) is 0 Å². The van der Waals surface area contributed by atoms with Crippen LogP contribution in [0.2, 0.25) is 5.02 Å². The number of unbranched alkanes of at least 4 members (excludes halogenated alkanes) is 1. The third-order valence-corrected chi connectivity index (χ3v) is 6.79. The topological polar surface area (TPSA) is 135 Å². The van der Waals surface area contributed by atoms with Crippen molar-refractivity contribution < 1.29 is 8.42 Å². The summed E-state index contributed by atoms with van der Waals surface area (Å²) in [6, 6.07) is 20.6. The van der Waals surface area contributed by atoms with Crippen molar-refractivity contribution in [2.75, 3.05) is 22.3 Å². The molecule has 184 valence electrons. The van der Waals surface area contributed by atoms with Crippen molar-refractivity contribution in [2.24, 2.45) is 16.5 Å². The number of pyridine rings is 1. The number of nitrogens with zero attached hydrogens (tertiary/aromatic N) is 2. The number of aliphatic imine (C=N–C) groups is 1. The summed E-state index contributed by atoms with van der Waals surface area (Å²) in [5, 5.41) is 6.00. The van der Waals surface area contributed by atoms with Crippen molar-refractivity contribution in [1.82, 2.24) is 4.98 Å². The predicted molar refractivity (Wildman–Crippen MR) is 149 cm³/mol. The predicted octanol–water partition coefficient (Wildman–Crippen LogP) is 5.00. The molecule has 0 amide bonds. The highest BCUT2D eigenvalue weighted by Gasteiger charge is 2.12. The molecule has 0 bridgehead atoms. The molecule has 0 saturated heterocycles. The van der Waals surface area contributed by atoms with Crippen molar-refractivity contribution >= 4 is 78.9 Å². The Kier molecular flexibility index (Phi) is 8.61. The minimum atomic E-state index is -3.47. The molecule has 8 nitrogen and oxygen atoms in total. The van der Waals surface area contributed by atoms with Crippen LogP contribution in [0.4, 0.5) is 17.1 Å². The number of para-hydroxylation sites is 1. The smallest absolute Gasteiger partial charge is 0.232 e. The van der Waals surface area contributed by atoms with E-state index in [0.717, 1.165) is 33.2 Å². The lowest BCUT2D eigenvalue weighted by Crippen LogP contribution is -2.23. The van der Waals surface area contributed by atoms with Gasteiger partial charge in [-0.1, -0.05) is 29.8 Å². The van der Waals surface area contributed by atoms with Crippen molar-refractivity contribution in [2.45, 2.75) is 12.8 Å². The van der Waals surface area contributed by atoms with E-state index in [4.69, 9.17) is 28.1 Å². The first kappa shape index (κ1) is 26.3. The Bertz CT molecular complexity index is 1460. The largest absolute Gasteiger partial charge is 0.370 e.